The average molecular weight is 387 g/mol. The van der Waals surface area contributed by atoms with E-state index in [0.29, 0.717) is 17.4 Å². The van der Waals surface area contributed by atoms with Gasteiger partial charge in [0.25, 0.3) is 5.91 Å². The smallest absolute Gasteiger partial charge is 0.255 e. The molecule has 0 spiro atoms. The summed E-state index contributed by atoms with van der Waals surface area (Å²) in [6.45, 7) is 1.58. The fraction of sp³-hybridized carbons (Fsp3) is 0.292. The van der Waals surface area contributed by atoms with E-state index in [1.807, 2.05) is 23.1 Å². The van der Waals surface area contributed by atoms with Gasteiger partial charge in [0.05, 0.1) is 18.4 Å². The number of aromatic nitrogens is 2. The summed E-state index contributed by atoms with van der Waals surface area (Å²) in [5, 5.41) is 0. The molecule has 0 saturated carbocycles. The van der Waals surface area contributed by atoms with E-state index in [2.05, 4.69) is 40.3 Å². The lowest BCUT2D eigenvalue weighted by Crippen LogP contribution is -2.32. The number of ether oxygens (including phenoxy) is 1. The quantitative estimate of drug-likeness (QED) is 0.658. The third-order valence-electron chi connectivity index (χ3n) is 5.54. The topological polar surface area (TPSA) is 55.3 Å². The van der Waals surface area contributed by atoms with Crippen molar-refractivity contribution in [2.24, 2.45) is 0 Å². The third kappa shape index (κ3) is 4.45. The van der Waals surface area contributed by atoms with Crippen LogP contribution in [0, 0.1) is 0 Å². The number of nitrogens with zero attached hydrogens (tertiary/aromatic N) is 3. The van der Waals surface area contributed by atoms with Crippen molar-refractivity contribution in [3.63, 3.8) is 0 Å². The molecule has 148 valence electrons. The number of methoxy groups -OCH3 is 1. The number of likely N-dealkylation sites (tertiary alicyclic amines) is 1. The molecule has 3 aromatic rings. The van der Waals surface area contributed by atoms with Crippen LogP contribution in [0.3, 0.4) is 0 Å². The fourth-order valence-corrected chi connectivity index (χ4v) is 3.88. The van der Waals surface area contributed by atoms with Gasteiger partial charge in [0.1, 0.15) is 0 Å². The lowest BCUT2D eigenvalue weighted by molar-refractivity contribution is 0.0760. The lowest BCUT2D eigenvalue weighted by atomic mass is 9.92. The zero-order chi connectivity index (χ0) is 20.1. The number of rotatable bonds is 4. The highest BCUT2D eigenvalue weighted by molar-refractivity contribution is 5.94. The Morgan fingerprint density at radius 2 is 1.83 bits per heavy atom. The van der Waals surface area contributed by atoms with Crippen LogP contribution < -0.4 is 4.74 Å². The molecule has 1 atom stereocenters. The molecule has 1 aliphatic rings. The van der Waals surface area contributed by atoms with Crippen LogP contribution in [-0.2, 0) is 0 Å². The highest BCUT2D eigenvalue weighted by atomic mass is 16.5. The summed E-state index contributed by atoms with van der Waals surface area (Å²) >= 11 is 0. The van der Waals surface area contributed by atoms with Crippen molar-refractivity contribution in [1.82, 2.24) is 14.9 Å². The Kier molecular flexibility index (Phi) is 5.84. The van der Waals surface area contributed by atoms with Crippen molar-refractivity contribution in [1.29, 1.82) is 0 Å². The van der Waals surface area contributed by atoms with Crippen LogP contribution in [0.1, 0.15) is 41.1 Å². The zero-order valence-electron chi connectivity index (χ0n) is 16.6. The minimum atomic E-state index is 0.0608. The lowest BCUT2D eigenvalue weighted by Gasteiger charge is -2.21. The molecule has 0 N–H and O–H groups in total. The van der Waals surface area contributed by atoms with Crippen molar-refractivity contribution in [3.05, 3.63) is 78.1 Å². The van der Waals surface area contributed by atoms with E-state index in [1.54, 1.807) is 25.6 Å². The van der Waals surface area contributed by atoms with Gasteiger partial charge in [-0.15, -0.1) is 0 Å². The number of hydrogen-bond donors (Lipinski definition) is 0. The number of benzene rings is 1. The second-order valence-corrected chi connectivity index (χ2v) is 7.35. The Balaban J connectivity index is 1.42. The molecule has 1 amide bonds. The second-order valence-electron chi connectivity index (χ2n) is 7.35. The maximum Gasteiger partial charge on any atom is 0.255 e. The largest absolute Gasteiger partial charge is 0.481 e. The van der Waals surface area contributed by atoms with Crippen LogP contribution in [-0.4, -0.2) is 41.0 Å². The van der Waals surface area contributed by atoms with Crippen LogP contribution in [0.25, 0.3) is 11.3 Å². The van der Waals surface area contributed by atoms with Gasteiger partial charge >= 0.3 is 0 Å². The Bertz CT molecular complexity index is 940. The normalized spacial score (nSPS) is 16.9. The number of carbonyl (C=O) groups is 1. The molecule has 5 heteroatoms. The molecule has 1 aromatic carbocycles. The molecule has 0 aliphatic carbocycles. The van der Waals surface area contributed by atoms with Crippen molar-refractivity contribution < 1.29 is 9.53 Å². The maximum atomic E-state index is 13.0. The standard InChI is InChI=1S/C24H25N3O2/c1-29-23-12-10-20(16-26-23)22-11-9-21(17-25-22)24(28)27-14-5-8-19(13-15-27)18-6-3-2-4-7-18/h2-4,6-7,9-12,16-17,19H,5,8,13-15H2,1H3. The van der Waals surface area contributed by atoms with Crippen molar-refractivity contribution in [2.45, 2.75) is 25.2 Å². The molecule has 2 aromatic heterocycles. The number of pyridine rings is 2. The average Bonchev–Trinajstić information content (AvgIpc) is 3.06. The van der Waals surface area contributed by atoms with E-state index in [-0.39, 0.29) is 5.91 Å². The molecule has 1 fully saturated rings. The van der Waals surface area contributed by atoms with E-state index in [1.165, 1.54) is 5.56 Å². The Morgan fingerprint density at radius 1 is 0.966 bits per heavy atom. The zero-order valence-corrected chi connectivity index (χ0v) is 16.6. The first-order valence-electron chi connectivity index (χ1n) is 10.1. The van der Waals surface area contributed by atoms with Crippen LogP contribution in [0.5, 0.6) is 5.88 Å². The van der Waals surface area contributed by atoms with Gasteiger partial charge in [0.2, 0.25) is 5.88 Å². The van der Waals surface area contributed by atoms with Gasteiger partial charge < -0.3 is 9.64 Å². The number of carbonyl (C=O) groups excluding carboxylic acids is 1. The van der Waals surface area contributed by atoms with Crippen molar-refractivity contribution >= 4 is 5.91 Å². The van der Waals surface area contributed by atoms with E-state index < -0.39 is 0 Å². The molecule has 29 heavy (non-hydrogen) atoms. The first-order valence-corrected chi connectivity index (χ1v) is 10.1. The number of amides is 1. The Hall–Kier alpha value is -3.21. The van der Waals surface area contributed by atoms with Gasteiger partial charge in [-0.2, -0.15) is 0 Å². The Labute approximate surface area is 171 Å². The summed E-state index contributed by atoms with van der Waals surface area (Å²) in [6, 6.07) is 18.1. The van der Waals surface area contributed by atoms with Gasteiger partial charge in [0.15, 0.2) is 0 Å². The van der Waals surface area contributed by atoms with Gasteiger partial charge in [-0.3, -0.25) is 9.78 Å². The van der Waals surface area contributed by atoms with Gasteiger partial charge in [-0.1, -0.05) is 30.3 Å². The van der Waals surface area contributed by atoms with Crippen LogP contribution in [0.4, 0.5) is 0 Å². The highest BCUT2D eigenvalue weighted by Crippen LogP contribution is 2.28. The summed E-state index contributed by atoms with van der Waals surface area (Å²) < 4.78 is 5.09. The molecule has 4 rings (SSSR count). The van der Waals surface area contributed by atoms with Crippen LogP contribution >= 0.6 is 0 Å². The minimum absolute atomic E-state index is 0.0608. The summed E-state index contributed by atoms with van der Waals surface area (Å²) in [7, 11) is 1.59. The third-order valence-corrected chi connectivity index (χ3v) is 5.54. The van der Waals surface area contributed by atoms with E-state index in [9.17, 15) is 4.79 Å². The molecule has 0 bridgehead atoms. The van der Waals surface area contributed by atoms with Gasteiger partial charge in [-0.25, -0.2) is 4.98 Å². The van der Waals surface area contributed by atoms with E-state index in [0.717, 1.165) is 43.6 Å². The molecular formula is C24H25N3O2. The molecule has 1 saturated heterocycles. The van der Waals surface area contributed by atoms with E-state index in [4.69, 9.17) is 4.74 Å². The van der Waals surface area contributed by atoms with Gasteiger partial charge in [0, 0.05) is 37.1 Å². The first-order chi connectivity index (χ1) is 14.2. The molecule has 1 unspecified atom stereocenters. The summed E-state index contributed by atoms with van der Waals surface area (Å²) in [5.41, 5.74) is 3.69. The first kappa shape index (κ1) is 19.1. The molecule has 5 nitrogen and oxygen atoms in total. The molecule has 0 radical (unpaired) electrons. The van der Waals surface area contributed by atoms with Crippen LogP contribution in [0.2, 0.25) is 0 Å². The predicted molar refractivity (Wildman–Crippen MR) is 113 cm³/mol. The van der Waals surface area contributed by atoms with Crippen LogP contribution in [0.15, 0.2) is 67.0 Å². The second kappa shape index (κ2) is 8.86. The monoisotopic (exact) mass is 387 g/mol. The fourth-order valence-electron chi connectivity index (χ4n) is 3.88. The SMILES string of the molecule is COc1ccc(-c2ccc(C(=O)N3CCCC(c4ccccc4)CC3)cn2)cn1. The van der Waals surface area contributed by atoms with E-state index >= 15 is 0 Å². The maximum absolute atomic E-state index is 13.0. The van der Waals surface area contributed by atoms with Gasteiger partial charge in [-0.05, 0) is 48.9 Å². The minimum Gasteiger partial charge on any atom is -0.481 e. The number of hydrogen-bond acceptors (Lipinski definition) is 4. The summed E-state index contributed by atoms with van der Waals surface area (Å²) in [6.07, 6.45) is 6.53. The molecule has 1 aliphatic heterocycles. The van der Waals surface area contributed by atoms with Crippen molar-refractivity contribution in [2.75, 3.05) is 20.2 Å². The predicted octanol–water partition coefficient (Wildman–Crippen LogP) is 4.56. The summed E-state index contributed by atoms with van der Waals surface area (Å²) in [4.78, 5) is 23.6. The summed E-state index contributed by atoms with van der Waals surface area (Å²) in [5.74, 6) is 1.15. The Morgan fingerprint density at radius 3 is 2.52 bits per heavy atom. The highest BCUT2D eigenvalue weighted by Gasteiger charge is 2.22. The van der Waals surface area contributed by atoms with Crippen molar-refractivity contribution in [3.8, 4) is 17.1 Å². The molecular weight excluding hydrogens is 362 g/mol. The molecule has 3 heterocycles.